The Balaban J connectivity index is 2.24. The molecule has 0 heterocycles. The highest BCUT2D eigenvalue weighted by atomic mass is 79.9. The second kappa shape index (κ2) is 6.07. The SMILES string of the molecule is CNC(c1ccc(OC)c(Br)c1)C1CCCC1C. The van der Waals surface area contributed by atoms with Crippen molar-refractivity contribution in [1.82, 2.24) is 5.32 Å². The quantitative estimate of drug-likeness (QED) is 0.901. The second-order valence-corrected chi connectivity index (χ2v) is 6.09. The molecule has 3 unspecified atom stereocenters. The van der Waals surface area contributed by atoms with Gasteiger partial charge in [-0.15, -0.1) is 0 Å². The van der Waals surface area contributed by atoms with Crippen LogP contribution in [0.25, 0.3) is 0 Å². The third-order valence-electron chi connectivity index (χ3n) is 4.20. The molecule has 2 nitrogen and oxygen atoms in total. The maximum absolute atomic E-state index is 5.29. The lowest BCUT2D eigenvalue weighted by atomic mass is 9.86. The zero-order chi connectivity index (χ0) is 13.1. The number of hydrogen-bond donors (Lipinski definition) is 1. The predicted octanol–water partition coefficient (Wildman–Crippen LogP) is 4.15. The lowest BCUT2D eigenvalue weighted by Crippen LogP contribution is -2.26. The molecule has 1 aliphatic carbocycles. The van der Waals surface area contributed by atoms with E-state index < -0.39 is 0 Å². The van der Waals surface area contributed by atoms with Gasteiger partial charge >= 0.3 is 0 Å². The minimum atomic E-state index is 0.449. The molecule has 0 radical (unpaired) electrons. The Morgan fingerprint density at radius 3 is 2.67 bits per heavy atom. The highest BCUT2D eigenvalue weighted by molar-refractivity contribution is 9.10. The van der Waals surface area contributed by atoms with E-state index in [1.54, 1.807) is 7.11 Å². The van der Waals surface area contributed by atoms with Crippen LogP contribution in [-0.4, -0.2) is 14.2 Å². The fourth-order valence-electron chi connectivity index (χ4n) is 3.17. The van der Waals surface area contributed by atoms with Crippen molar-refractivity contribution in [2.75, 3.05) is 14.2 Å². The maximum atomic E-state index is 5.29. The maximum Gasteiger partial charge on any atom is 0.133 e. The van der Waals surface area contributed by atoms with Crippen LogP contribution < -0.4 is 10.1 Å². The molecule has 1 aromatic rings. The van der Waals surface area contributed by atoms with E-state index in [4.69, 9.17) is 4.74 Å². The molecule has 1 fully saturated rings. The molecule has 100 valence electrons. The van der Waals surface area contributed by atoms with E-state index in [1.165, 1.54) is 24.8 Å². The molecule has 3 atom stereocenters. The summed E-state index contributed by atoms with van der Waals surface area (Å²) >= 11 is 3.58. The van der Waals surface area contributed by atoms with Crippen LogP contribution in [0.1, 0.15) is 37.8 Å². The lowest BCUT2D eigenvalue weighted by Gasteiger charge is -2.27. The van der Waals surface area contributed by atoms with Crippen LogP contribution in [0.3, 0.4) is 0 Å². The van der Waals surface area contributed by atoms with Crippen molar-refractivity contribution in [2.24, 2.45) is 11.8 Å². The molecular weight excluding hydrogens is 290 g/mol. The Morgan fingerprint density at radius 2 is 2.17 bits per heavy atom. The van der Waals surface area contributed by atoms with Crippen molar-refractivity contribution in [1.29, 1.82) is 0 Å². The Kier molecular flexibility index (Phi) is 4.68. The first kappa shape index (κ1) is 13.9. The van der Waals surface area contributed by atoms with Gasteiger partial charge in [0.15, 0.2) is 0 Å². The van der Waals surface area contributed by atoms with Gasteiger partial charge in [-0.25, -0.2) is 0 Å². The summed E-state index contributed by atoms with van der Waals surface area (Å²) in [7, 11) is 3.77. The Bertz CT molecular complexity index is 407. The minimum Gasteiger partial charge on any atom is -0.496 e. The van der Waals surface area contributed by atoms with E-state index >= 15 is 0 Å². The number of benzene rings is 1. The van der Waals surface area contributed by atoms with E-state index in [0.29, 0.717) is 6.04 Å². The zero-order valence-electron chi connectivity index (χ0n) is 11.4. The first-order chi connectivity index (χ1) is 8.67. The predicted molar refractivity (Wildman–Crippen MR) is 79.0 cm³/mol. The highest BCUT2D eigenvalue weighted by Crippen LogP contribution is 2.41. The van der Waals surface area contributed by atoms with Crippen molar-refractivity contribution in [3.8, 4) is 5.75 Å². The summed E-state index contributed by atoms with van der Waals surface area (Å²) in [6, 6.07) is 6.86. The molecule has 1 N–H and O–H groups in total. The Labute approximate surface area is 118 Å². The van der Waals surface area contributed by atoms with Crippen molar-refractivity contribution in [3.63, 3.8) is 0 Å². The minimum absolute atomic E-state index is 0.449. The fraction of sp³-hybridized carbons (Fsp3) is 0.600. The number of nitrogens with one attached hydrogen (secondary N) is 1. The van der Waals surface area contributed by atoms with Gasteiger partial charge in [0, 0.05) is 6.04 Å². The molecule has 0 amide bonds. The van der Waals surface area contributed by atoms with Crippen LogP contribution in [0.4, 0.5) is 0 Å². The van der Waals surface area contributed by atoms with Gasteiger partial charge in [0.2, 0.25) is 0 Å². The number of methoxy groups -OCH3 is 1. The van der Waals surface area contributed by atoms with Gasteiger partial charge in [0.1, 0.15) is 5.75 Å². The summed E-state index contributed by atoms with van der Waals surface area (Å²) in [6.07, 6.45) is 4.05. The summed E-state index contributed by atoms with van der Waals surface area (Å²) in [5, 5.41) is 3.49. The number of hydrogen-bond acceptors (Lipinski definition) is 2. The average Bonchev–Trinajstić information content (AvgIpc) is 2.77. The third-order valence-corrected chi connectivity index (χ3v) is 4.82. The molecule has 1 saturated carbocycles. The molecule has 2 rings (SSSR count). The van der Waals surface area contributed by atoms with Gasteiger partial charge in [-0.2, -0.15) is 0 Å². The van der Waals surface area contributed by atoms with Gasteiger partial charge in [-0.1, -0.05) is 25.8 Å². The molecule has 1 aromatic carbocycles. The van der Waals surface area contributed by atoms with Crippen molar-refractivity contribution in [3.05, 3.63) is 28.2 Å². The first-order valence-corrected chi connectivity index (χ1v) is 7.47. The van der Waals surface area contributed by atoms with Crippen LogP contribution in [0, 0.1) is 11.8 Å². The van der Waals surface area contributed by atoms with E-state index in [2.05, 4.69) is 47.4 Å². The van der Waals surface area contributed by atoms with E-state index in [1.807, 2.05) is 6.07 Å². The zero-order valence-corrected chi connectivity index (χ0v) is 13.0. The van der Waals surface area contributed by atoms with Crippen LogP contribution in [0.15, 0.2) is 22.7 Å². The summed E-state index contributed by atoms with van der Waals surface area (Å²) in [5.74, 6) is 2.45. The molecule has 0 saturated heterocycles. The van der Waals surface area contributed by atoms with Crippen LogP contribution in [-0.2, 0) is 0 Å². The Morgan fingerprint density at radius 1 is 1.39 bits per heavy atom. The molecule has 0 bridgehead atoms. The highest BCUT2D eigenvalue weighted by Gasteiger charge is 2.31. The number of ether oxygens (including phenoxy) is 1. The first-order valence-electron chi connectivity index (χ1n) is 6.68. The molecule has 3 heteroatoms. The summed E-state index contributed by atoms with van der Waals surface area (Å²) < 4.78 is 6.33. The Hall–Kier alpha value is -0.540. The average molecular weight is 312 g/mol. The molecule has 1 aliphatic rings. The van der Waals surface area contributed by atoms with Gasteiger partial charge in [0.05, 0.1) is 11.6 Å². The fourth-order valence-corrected chi connectivity index (χ4v) is 3.73. The van der Waals surface area contributed by atoms with Gasteiger partial charge in [-0.05, 0) is 58.9 Å². The summed E-state index contributed by atoms with van der Waals surface area (Å²) in [6.45, 7) is 2.38. The van der Waals surface area contributed by atoms with Crippen molar-refractivity contribution < 1.29 is 4.74 Å². The standard InChI is InChI=1S/C15H22BrNO/c1-10-5-4-6-12(10)15(17-2)11-7-8-14(18-3)13(16)9-11/h7-10,12,15,17H,4-6H2,1-3H3. The largest absolute Gasteiger partial charge is 0.496 e. The number of halogens is 1. The smallest absolute Gasteiger partial charge is 0.133 e. The second-order valence-electron chi connectivity index (χ2n) is 5.23. The van der Waals surface area contributed by atoms with E-state index in [0.717, 1.165) is 22.1 Å². The molecule has 0 spiro atoms. The van der Waals surface area contributed by atoms with Gasteiger partial charge < -0.3 is 10.1 Å². The molecule has 18 heavy (non-hydrogen) atoms. The van der Waals surface area contributed by atoms with Crippen molar-refractivity contribution >= 4 is 15.9 Å². The monoisotopic (exact) mass is 311 g/mol. The van der Waals surface area contributed by atoms with Gasteiger partial charge in [0.25, 0.3) is 0 Å². The number of rotatable bonds is 4. The topological polar surface area (TPSA) is 21.3 Å². The third kappa shape index (κ3) is 2.72. The normalized spacial score (nSPS) is 25.1. The lowest BCUT2D eigenvalue weighted by molar-refractivity contribution is 0.315. The van der Waals surface area contributed by atoms with Crippen LogP contribution in [0.5, 0.6) is 5.75 Å². The molecule has 0 aliphatic heterocycles. The molecule has 0 aromatic heterocycles. The van der Waals surface area contributed by atoms with E-state index in [9.17, 15) is 0 Å². The van der Waals surface area contributed by atoms with Gasteiger partial charge in [-0.3, -0.25) is 0 Å². The summed E-state index contributed by atoms with van der Waals surface area (Å²) in [5.41, 5.74) is 1.35. The van der Waals surface area contributed by atoms with Crippen LogP contribution in [0.2, 0.25) is 0 Å². The van der Waals surface area contributed by atoms with Crippen LogP contribution >= 0.6 is 15.9 Å². The summed E-state index contributed by atoms with van der Waals surface area (Å²) in [4.78, 5) is 0. The van der Waals surface area contributed by atoms with E-state index in [-0.39, 0.29) is 0 Å². The molecular formula is C15H22BrNO. The van der Waals surface area contributed by atoms with Crippen molar-refractivity contribution in [2.45, 2.75) is 32.2 Å².